The van der Waals surface area contributed by atoms with E-state index >= 15 is 0 Å². The Morgan fingerprint density at radius 2 is 2.17 bits per heavy atom. The zero-order chi connectivity index (χ0) is 15.8. The van der Waals surface area contributed by atoms with Gasteiger partial charge in [0.1, 0.15) is 0 Å². The van der Waals surface area contributed by atoms with Gasteiger partial charge in [-0.3, -0.25) is 4.79 Å². The Kier molecular flexibility index (Phi) is 3.85. The average Bonchev–Trinajstić information content (AvgIpc) is 3.13. The maximum absolute atomic E-state index is 12.7. The topological polar surface area (TPSA) is 51.0 Å². The first-order chi connectivity index (χ1) is 11.2. The van der Waals surface area contributed by atoms with Crippen LogP contribution in [0.3, 0.4) is 0 Å². The standard InChI is InChI=1S/C17H20N4OS/c1-23-15-4-2-3-13(9-15)17(22)20-8-7-14(10-20)21-11-16(18-19-21)12-5-6-12/h2-4,9,11-12,14H,5-8,10H2,1H3. The highest BCUT2D eigenvalue weighted by Gasteiger charge is 2.31. The van der Waals surface area contributed by atoms with E-state index in [1.807, 2.05) is 40.1 Å². The first-order valence-corrected chi connectivity index (χ1v) is 9.32. The number of carbonyl (C=O) groups is 1. The molecule has 0 radical (unpaired) electrons. The predicted octanol–water partition coefficient (Wildman–Crippen LogP) is 2.96. The van der Waals surface area contributed by atoms with Crippen LogP contribution in [0.4, 0.5) is 0 Å². The summed E-state index contributed by atoms with van der Waals surface area (Å²) in [6, 6.07) is 8.11. The number of amides is 1. The quantitative estimate of drug-likeness (QED) is 0.810. The molecule has 5 nitrogen and oxygen atoms in total. The van der Waals surface area contributed by atoms with Gasteiger partial charge in [-0.1, -0.05) is 11.3 Å². The molecule has 2 heterocycles. The number of aromatic nitrogens is 3. The van der Waals surface area contributed by atoms with E-state index in [9.17, 15) is 4.79 Å². The molecule has 1 atom stereocenters. The monoisotopic (exact) mass is 328 g/mol. The van der Waals surface area contributed by atoms with E-state index in [0.29, 0.717) is 5.92 Å². The SMILES string of the molecule is CSc1cccc(C(=O)N2CCC(n3cc(C4CC4)nn3)C2)c1. The van der Waals surface area contributed by atoms with Crippen molar-refractivity contribution in [3.63, 3.8) is 0 Å². The lowest BCUT2D eigenvalue weighted by Crippen LogP contribution is -2.29. The summed E-state index contributed by atoms with van der Waals surface area (Å²) < 4.78 is 1.96. The molecule has 1 aliphatic carbocycles. The second-order valence-corrected chi connectivity index (χ2v) is 7.20. The van der Waals surface area contributed by atoms with Crippen molar-refractivity contribution in [2.75, 3.05) is 19.3 Å². The third-order valence-electron chi connectivity index (χ3n) is 4.67. The van der Waals surface area contributed by atoms with Crippen molar-refractivity contribution in [2.24, 2.45) is 0 Å². The molecule has 2 aromatic rings. The Hall–Kier alpha value is -1.82. The van der Waals surface area contributed by atoms with Crippen molar-refractivity contribution < 1.29 is 4.79 Å². The van der Waals surface area contributed by atoms with E-state index in [-0.39, 0.29) is 11.9 Å². The van der Waals surface area contributed by atoms with Crippen LogP contribution in [0.5, 0.6) is 0 Å². The molecule has 6 heteroatoms. The van der Waals surface area contributed by atoms with Crippen LogP contribution in [0.25, 0.3) is 0 Å². The van der Waals surface area contributed by atoms with Crippen LogP contribution >= 0.6 is 11.8 Å². The third kappa shape index (κ3) is 3.00. The van der Waals surface area contributed by atoms with Crippen molar-refractivity contribution in [1.29, 1.82) is 0 Å². The Morgan fingerprint density at radius 3 is 2.96 bits per heavy atom. The fourth-order valence-electron chi connectivity index (χ4n) is 3.12. The minimum Gasteiger partial charge on any atom is -0.336 e. The lowest BCUT2D eigenvalue weighted by atomic mass is 10.2. The van der Waals surface area contributed by atoms with Crippen LogP contribution in [0.1, 0.15) is 47.3 Å². The molecule has 0 spiro atoms. The fourth-order valence-corrected chi connectivity index (χ4v) is 3.58. The largest absolute Gasteiger partial charge is 0.336 e. The van der Waals surface area contributed by atoms with Crippen molar-refractivity contribution in [3.8, 4) is 0 Å². The van der Waals surface area contributed by atoms with Crippen LogP contribution in [0, 0.1) is 0 Å². The summed E-state index contributed by atoms with van der Waals surface area (Å²) in [5.41, 5.74) is 1.89. The highest BCUT2D eigenvalue weighted by atomic mass is 32.2. The highest BCUT2D eigenvalue weighted by molar-refractivity contribution is 7.98. The molecule has 2 aliphatic rings. The van der Waals surface area contributed by atoms with Crippen molar-refractivity contribution >= 4 is 17.7 Å². The Balaban J connectivity index is 1.45. The molecule has 2 fully saturated rings. The minimum atomic E-state index is 0.117. The van der Waals surface area contributed by atoms with Gasteiger partial charge in [-0.2, -0.15) is 0 Å². The lowest BCUT2D eigenvalue weighted by Gasteiger charge is -2.17. The Morgan fingerprint density at radius 1 is 1.30 bits per heavy atom. The molecule has 1 aromatic heterocycles. The molecular weight excluding hydrogens is 308 g/mol. The van der Waals surface area contributed by atoms with Gasteiger partial charge in [-0.25, -0.2) is 4.68 Å². The molecule has 1 unspecified atom stereocenters. The van der Waals surface area contributed by atoms with Gasteiger partial charge in [0.25, 0.3) is 5.91 Å². The third-order valence-corrected chi connectivity index (χ3v) is 5.39. The molecule has 1 aromatic carbocycles. The van der Waals surface area contributed by atoms with Crippen molar-refractivity contribution in [2.45, 2.75) is 36.1 Å². The van der Waals surface area contributed by atoms with Gasteiger partial charge < -0.3 is 4.90 Å². The highest BCUT2D eigenvalue weighted by Crippen LogP contribution is 2.39. The van der Waals surface area contributed by atoms with Crippen LogP contribution in [0.2, 0.25) is 0 Å². The Labute approximate surface area is 140 Å². The first kappa shape index (κ1) is 14.8. The van der Waals surface area contributed by atoms with E-state index in [2.05, 4.69) is 16.5 Å². The summed E-state index contributed by atoms with van der Waals surface area (Å²) in [6.45, 7) is 1.50. The molecule has 23 heavy (non-hydrogen) atoms. The summed E-state index contributed by atoms with van der Waals surface area (Å²) in [5, 5.41) is 8.56. The second-order valence-electron chi connectivity index (χ2n) is 6.32. The van der Waals surface area contributed by atoms with Crippen LogP contribution in [-0.4, -0.2) is 45.1 Å². The Bertz CT molecular complexity index is 725. The van der Waals surface area contributed by atoms with Gasteiger partial charge in [0.2, 0.25) is 0 Å². The molecule has 0 bridgehead atoms. The van der Waals surface area contributed by atoms with Gasteiger partial charge in [-0.15, -0.1) is 16.9 Å². The van der Waals surface area contributed by atoms with Gasteiger partial charge in [-0.05, 0) is 43.7 Å². The van der Waals surface area contributed by atoms with Crippen molar-refractivity contribution in [3.05, 3.63) is 41.7 Å². The van der Waals surface area contributed by atoms with E-state index in [1.165, 1.54) is 12.8 Å². The second kappa shape index (κ2) is 6.00. The normalized spacial score (nSPS) is 20.9. The first-order valence-electron chi connectivity index (χ1n) is 8.09. The van der Waals surface area contributed by atoms with Crippen LogP contribution < -0.4 is 0 Å². The zero-order valence-electron chi connectivity index (χ0n) is 13.2. The number of nitrogens with zero attached hydrogens (tertiary/aromatic N) is 4. The molecular formula is C17H20N4OS. The molecule has 120 valence electrons. The molecule has 1 saturated heterocycles. The summed E-state index contributed by atoms with van der Waals surface area (Å²) in [4.78, 5) is 15.7. The summed E-state index contributed by atoms with van der Waals surface area (Å²) in [6.07, 6.45) is 7.52. The zero-order valence-corrected chi connectivity index (χ0v) is 14.0. The number of rotatable bonds is 4. The molecule has 1 aliphatic heterocycles. The maximum Gasteiger partial charge on any atom is 0.253 e. The number of hydrogen-bond donors (Lipinski definition) is 0. The van der Waals surface area contributed by atoms with Crippen LogP contribution in [0.15, 0.2) is 35.4 Å². The van der Waals surface area contributed by atoms with Gasteiger partial charge >= 0.3 is 0 Å². The number of benzene rings is 1. The predicted molar refractivity (Wildman–Crippen MR) is 89.8 cm³/mol. The number of likely N-dealkylation sites (tertiary alicyclic amines) is 1. The number of hydrogen-bond acceptors (Lipinski definition) is 4. The van der Waals surface area contributed by atoms with E-state index in [0.717, 1.165) is 35.7 Å². The van der Waals surface area contributed by atoms with Gasteiger partial charge in [0.05, 0.1) is 11.7 Å². The summed E-state index contributed by atoms with van der Waals surface area (Å²) in [5.74, 6) is 0.739. The maximum atomic E-state index is 12.7. The van der Waals surface area contributed by atoms with Crippen molar-refractivity contribution in [1.82, 2.24) is 19.9 Å². The van der Waals surface area contributed by atoms with Gasteiger partial charge in [0.15, 0.2) is 0 Å². The number of thioether (sulfide) groups is 1. The molecule has 4 rings (SSSR count). The molecule has 1 amide bonds. The molecule has 1 saturated carbocycles. The van der Waals surface area contributed by atoms with E-state index in [4.69, 9.17) is 0 Å². The van der Waals surface area contributed by atoms with Crippen LogP contribution in [-0.2, 0) is 0 Å². The minimum absolute atomic E-state index is 0.117. The van der Waals surface area contributed by atoms with E-state index < -0.39 is 0 Å². The lowest BCUT2D eigenvalue weighted by molar-refractivity contribution is 0.0786. The smallest absolute Gasteiger partial charge is 0.253 e. The van der Waals surface area contributed by atoms with Gasteiger partial charge in [0, 0.05) is 35.7 Å². The van der Waals surface area contributed by atoms with E-state index in [1.54, 1.807) is 11.8 Å². The summed E-state index contributed by atoms with van der Waals surface area (Å²) >= 11 is 1.66. The average molecular weight is 328 g/mol. The molecule has 0 N–H and O–H groups in total. The number of carbonyl (C=O) groups excluding carboxylic acids is 1. The summed E-state index contributed by atoms with van der Waals surface area (Å²) in [7, 11) is 0. The fraction of sp³-hybridized carbons (Fsp3) is 0.471.